The number of hydrogen-bond acceptors (Lipinski definition) is 5. The van der Waals surface area contributed by atoms with Gasteiger partial charge in [-0.05, 0) is 50.5 Å². The van der Waals surface area contributed by atoms with E-state index >= 15 is 0 Å². The molecule has 3 aromatic rings. The van der Waals surface area contributed by atoms with E-state index in [1.807, 2.05) is 26.0 Å². The molecule has 0 bridgehead atoms. The van der Waals surface area contributed by atoms with Crippen LogP contribution in [0.3, 0.4) is 0 Å². The maximum absolute atomic E-state index is 13.3. The van der Waals surface area contributed by atoms with E-state index < -0.39 is 0 Å². The van der Waals surface area contributed by atoms with Crippen LogP contribution in [0.2, 0.25) is 0 Å². The minimum atomic E-state index is -0.173. The lowest BCUT2D eigenvalue weighted by atomic mass is 9.97. The van der Waals surface area contributed by atoms with Gasteiger partial charge in [-0.25, -0.2) is 4.98 Å². The van der Waals surface area contributed by atoms with Gasteiger partial charge in [-0.2, -0.15) is 0 Å². The van der Waals surface area contributed by atoms with Crippen LogP contribution in [0, 0.1) is 13.8 Å². The van der Waals surface area contributed by atoms with Crippen LogP contribution in [-0.2, 0) is 0 Å². The molecule has 6 nitrogen and oxygen atoms in total. The summed E-state index contributed by atoms with van der Waals surface area (Å²) in [7, 11) is 1.61. The molecule has 0 amide bonds. The second-order valence-electron chi connectivity index (χ2n) is 7.05. The number of nitrogens with one attached hydrogen (secondary N) is 1. The van der Waals surface area contributed by atoms with Crippen molar-refractivity contribution in [2.45, 2.75) is 32.6 Å². The lowest BCUT2D eigenvalue weighted by Crippen LogP contribution is -2.13. The van der Waals surface area contributed by atoms with Gasteiger partial charge in [-0.3, -0.25) is 9.79 Å². The van der Waals surface area contributed by atoms with Crippen molar-refractivity contribution in [1.29, 1.82) is 0 Å². The molecule has 1 fully saturated rings. The largest absolute Gasteiger partial charge is 0.361 e. The molecule has 0 atom stereocenters. The molecule has 1 N–H and O–H groups in total. The Morgan fingerprint density at radius 1 is 1.36 bits per heavy atom. The first-order chi connectivity index (χ1) is 13.5. The average Bonchev–Trinajstić information content (AvgIpc) is 3.36. The van der Waals surface area contributed by atoms with Gasteiger partial charge in [0, 0.05) is 18.5 Å². The summed E-state index contributed by atoms with van der Waals surface area (Å²) in [6, 6.07) is 3.88. The quantitative estimate of drug-likeness (QED) is 0.385. The van der Waals surface area contributed by atoms with Crippen LogP contribution in [-0.4, -0.2) is 33.7 Å². The van der Waals surface area contributed by atoms with Crippen LogP contribution in [0.25, 0.3) is 22.2 Å². The molecule has 0 unspecified atom stereocenters. The number of carbonyl (C=O) groups is 1. The van der Waals surface area contributed by atoms with E-state index in [0.29, 0.717) is 28.5 Å². The van der Waals surface area contributed by atoms with E-state index in [9.17, 15) is 4.79 Å². The summed E-state index contributed by atoms with van der Waals surface area (Å²) in [6.45, 7) is 7.42. The maximum atomic E-state index is 13.3. The number of benzene rings is 1. The number of imidazole rings is 1. The number of ketones is 1. The molecule has 6 heteroatoms. The molecule has 1 aliphatic carbocycles. The Morgan fingerprint density at radius 3 is 2.75 bits per heavy atom. The van der Waals surface area contributed by atoms with Gasteiger partial charge in [-0.15, -0.1) is 0 Å². The summed E-state index contributed by atoms with van der Waals surface area (Å²) < 4.78 is 5.33. The molecule has 1 aliphatic rings. The molecule has 0 spiro atoms. The molecular weight excluding hydrogens is 352 g/mol. The number of allylic oxidation sites excluding steroid dienone is 3. The summed E-state index contributed by atoms with van der Waals surface area (Å²) in [5.74, 6) is 1.94. The van der Waals surface area contributed by atoms with Crippen molar-refractivity contribution in [2.75, 3.05) is 7.05 Å². The lowest BCUT2D eigenvalue weighted by molar-refractivity contribution is 0.106. The number of aliphatic imine (C=N–C) groups is 1. The van der Waals surface area contributed by atoms with Crippen LogP contribution >= 0.6 is 0 Å². The standard InChI is InChI=1S/C22H22N4O2/c1-5-6-7-17(23-4)21(27)16-10-15(19-12(2)26-28-13(19)3)11-18-20(16)25-22(24-18)14-8-9-14/h5-7,10-11,14H,1,8-9H2,2-4H3,(H,24,25)/b7-6-,23-17?. The Hall–Kier alpha value is -3.28. The molecule has 0 saturated heterocycles. The fraction of sp³-hybridized carbons (Fsp3) is 0.273. The minimum Gasteiger partial charge on any atom is -0.361 e. The van der Waals surface area contributed by atoms with Crippen molar-refractivity contribution in [3.63, 3.8) is 0 Å². The van der Waals surface area contributed by atoms with Crippen molar-refractivity contribution in [3.05, 3.63) is 59.8 Å². The zero-order valence-corrected chi connectivity index (χ0v) is 16.2. The fourth-order valence-electron chi connectivity index (χ4n) is 3.45. The van der Waals surface area contributed by atoms with Crippen molar-refractivity contribution >= 4 is 22.5 Å². The molecule has 1 saturated carbocycles. The van der Waals surface area contributed by atoms with Crippen LogP contribution in [0.15, 0.2) is 46.5 Å². The average molecular weight is 374 g/mol. The first kappa shape index (κ1) is 18.1. The summed E-state index contributed by atoms with van der Waals surface area (Å²) in [5, 5.41) is 4.05. The van der Waals surface area contributed by atoms with E-state index in [2.05, 4.69) is 21.7 Å². The number of hydrogen-bond donors (Lipinski definition) is 1. The normalized spacial score (nSPS) is 14.9. The molecule has 1 aromatic carbocycles. The van der Waals surface area contributed by atoms with Gasteiger partial charge in [0.25, 0.3) is 0 Å². The van der Waals surface area contributed by atoms with Crippen LogP contribution < -0.4 is 0 Å². The van der Waals surface area contributed by atoms with Gasteiger partial charge >= 0.3 is 0 Å². The van der Waals surface area contributed by atoms with Gasteiger partial charge in [0.1, 0.15) is 17.3 Å². The number of aromatic nitrogens is 3. The molecule has 0 aliphatic heterocycles. The highest BCUT2D eigenvalue weighted by atomic mass is 16.5. The van der Waals surface area contributed by atoms with Crippen molar-refractivity contribution in [1.82, 2.24) is 15.1 Å². The van der Waals surface area contributed by atoms with Crippen molar-refractivity contribution in [2.24, 2.45) is 4.99 Å². The molecule has 28 heavy (non-hydrogen) atoms. The van der Waals surface area contributed by atoms with E-state index in [1.54, 1.807) is 25.3 Å². The number of Topliss-reactive ketones (excluding diaryl/α,β-unsaturated/α-hetero) is 1. The van der Waals surface area contributed by atoms with E-state index in [1.165, 1.54) is 0 Å². The summed E-state index contributed by atoms with van der Waals surface area (Å²) in [6.07, 6.45) is 7.25. The predicted molar refractivity (Wildman–Crippen MR) is 110 cm³/mol. The van der Waals surface area contributed by atoms with Crippen molar-refractivity contribution < 1.29 is 9.32 Å². The Balaban J connectivity index is 1.93. The highest BCUT2D eigenvalue weighted by molar-refractivity contribution is 6.51. The number of aryl methyl sites for hydroxylation is 2. The van der Waals surface area contributed by atoms with Gasteiger partial charge in [0.05, 0.1) is 22.3 Å². The monoisotopic (exact) mass is 374 g/mol. The van der Waals surface area contributed by atoms with Crippen LogP contribution in [0.5, 0.6) is 0 Å². The highest BCUT2D eigenvalue weighted by Crippen LogP contribution is 2.40. The van der Waals surface area contributed by atoms with Gasteiger partial charge in [0.2, 0.25) is 5.78 Å². The van der Waals surface area contributed by atoms with Gasteiger partial charge in [0.15, 0.2) is 0 Å². The first-order valence-corrected chi connectivity index (χ1v) is 9.31. The van der Waals surface area contributed by atoms with Crippen LogP contribution in [0.4, 0.5) is 0 Å². The SMILES string of the molecule is C=C/C=C\C(=NC)C(=O)c1cc(-c2c(C)noc2C)cc2[nH]c(C3CC3)nc12. The van der Waals surface area contributed by atoms with E-state index in [0.717, 1.165) is 41.0 Å². The third-order valence-electron chi connectivity index (χ3n) is 5.00. The Bertz CT molecular complexity index is 1120. The number of fused-ring (bicyclic) bond motifs is 1. The Kier molecular flexibility index (Phi) is 4.55. The summed E-state index contributed by atoms with van der Waals surface area (Å²) in [5.41, 5.74) is 4.95. The van der Waals surface area contributed by atoms with Gasteiger partial charge < -0.3 is 9.51 Å². The first-order valence-electron chi connectivity index (χ1n) is 9.31. The van der Waals surface area contributed by atoms with Gasteiger partial charge in [-0.1, -0.05) is 23.9 Å². The smallest absolute Gasteiger partial charge is 0.213 e. The summed E-state index contributed by atoms with van der Waals surface area (Å²) in [4.78, 5) is 25.6. The van der Waals surface area contributed by atoms with E-state index in [-0.39, 0.29) is 5.78 Å². The third kappa shape index (κ3) is 3.11. The second-order valence-corrected chi connectivity index (χ2v) is 7.05. The molecule has 2 aromatic heterocycles. The Labute approximate surface area is 163 Å². The third-order valence-corrected chi connectivity index (χ3v) is 5.00. The molecule has 142 valence electrons. The predicted octanol–water partition coefficient (Wildman–Crippen LogP) is 4.71. The maximum Gasteiger partial charge on any atom is 0.213 e. The Morgan fingerprint density at radius 2 is 2.14 bits per heavy atom. The molecular formula is C22H22N4O2. The number of H-pyrrole nitrogens is 1. The molecule has 2 heterocycles. The number of carbonyl (C=O) groups excluding carboxylic acids is 1. The molecule has 4 rings (SSSR count). The number of nitrogens with zero attached hydrogens (tertiary/aromatic N) is 3. The number of aromatic amines is 1. The van der Waals surface area contributed by atoms with E-state index in [4.69, 9.17) is 9.51 Å². The number of rotatable bonds is 6. The fourth-order valence-corrected chi connectivity index (χ4v) is 3.45. The zero-order chi connectivity index (χ0) is 19.8. The summed E-state index contributed by atoms with van der Waals surface area (Å²) >= 11 is 0. The van der Waals surface area contributed by atoms with Crippen molar-refractivity contribution in [3.8, 4) is 11.1 Å². The lowest BCUT2D eigenvalue weighted by Gasteiger charge is -2.07. The second kappa shape index (κ2) is 7.03. The topological polar surface area (TPSA) is 84.1 Å². The molecule has 0 radical (unpaired) electrons. The highest BCUT2D eigenvalue weighted by Gasteiger charge is 2.28. The van der Waals surface area contributed by atoms with Crippen LogP contribution in [0.1, 0.15) is 46.4 Å². The zero-order valence-electron chi connectivity index (χ0n) is 16.2. The minimum absolute atomic E-state index is 0.173.